The predicted octanol–water partition coefficient (Wildman–Crippen LogP) is 8.04. The summed E-state index contributed by atoms with van der Waals surface area (Å²) in [5.74, 6) is 1.66. The minimum atomic E-state index is -0.221. The van der Waals surface area contributed by atoms with Gasteiger partial charge >= 0.3 is 0 Å². The van der Waals surface area contributed by atoms with Crippen molar-refractivity contribution in [1.82, 2.24) is 9.66 Å². The van der Waals surface area contributed by atoms with Gasteiger partial charge in [0.1, 0.15) is 12.4 Å². The van der Waals surface area contributed by atoms with Crippen molar-refractivity contribution in [2.45, 2.75) is 32.8 Å². The van der Waals surface area contributed by atoms with Crippen LogP contribution in [0.25, 0.3) is 10.9 Å². The Bertz CT molecular complexity index is 1540. The Labute approximate surface area is 241 Å². The lowest BCUT2D eigenvalue weighted by molar-refractivity contribution is 0.282. The van der Waals surface area contributed by atoms with Gasteiger partial charge in [-0.1, -0.05) is 58.5 Å². The Morgan fingerprint density at radius 3 is 2.62 bits per heavy atom. The van der Waals surface area contributed by atoms with Crippen molar-refractivity contribution < 1.29 is 9.47 Å². The molecule has 0 spiro atoms. The van der Waals surface area contributed by atoms with E-state index in [0.29, 0.717) is 54.7 Å². The first-order valence-corrected chi connectivity index (χ1v) is 13.8. The maximum absolute atomic E-state index is 13.3. The number of fused-ring (bicyclic) bond motifs is 1. The quantitative estimate of drug-likeness (QED) is 0.170. The first-order chi connectivity index (χ1) is 17.8. The fourth-order valence-electron chi connectivity index (χ4n) is 3.67. The lowest BCUT2D eigenvalue weighted by Gasteiger charge is -2.14. The summed E-state index contributed by atoms with van der Waals surface area (Å²) >= 11 is 19.1. The van der Waals surface area contributed by atoms with Gasteiger partial charge in [-0.15, -0.1) is 0 Å². The van der Waals surface area contributed by atoms with E-state index < -0.39 is 0 Å². The van der Waals surface area contributed by atoms with Crippen molar-refractivity contribution in [1.29, 1.82) is 0 Å². The minimum Gasteiger partial charge on any atom is -0.493 e. The second-order valence-electron chi connectivity index (χ2n) is 8.23. The molecule has 0 aliphatic rings. The van der Waals surface area contributed by atoms with Crippen LogP contribution in [0.15, 0.2) is 67.4 Å². The molecule has 3 aromatic carbocycles. The van der Waals surface area contributed by atoms with E-state index in [1.54, 1.807) is 37.6 Å². The van der Waals surface area contributed by atoms with Gasteiger partial charge in [0.15, 0.2) is 11.5 Å². The minimum absolute atomic E-state index is 0.221. The molecule has 0 amide bonds. The standard InChI is InChI=1S/C27H23Br2Cl2N3O3/c1-3-4-5-25-33-23-9-7-18(28)13-19(23)27(35)34(25)32-14-17-10-20(29)26(24(12-17)36-2)37-15-16-6-8-21(30)22(31)11-16/h6-14H,3-5,15H2,1-2H3. The molecule has 192 valence electrons. The van der Waals surface area contributed by atoms with Crippen LogP contribution in [0, 0.1) is 0 Å². The monoisotopic (exact) mass is 665 g/mol. The van der Waals surface area contributed by atoms with Crippen LogP contribution in [-0.2, 0) is 13.0 Å². The van der Waals surface area contributed by atoms with Crippen LogP contribution in [-0.4, -0.2) is 23.0 Å². The molecule has 0 unspecified atom stereocenters. The van der Waals surface area contributed by atoms with Crippen molar-refractivity contribution >= 4 is 72.2 Å². The summed E-state index contributed by atoms with van der Waals surface area (Å²) in [6.45, 7) is 2.37. The molecular formula is C27H23Br2Cl2N3O3. The number of nitrogens with zero attached hydrogens (tertiary/aromatic N) is 3. The summed E-state index contributed by atoms with van der Waals surface area (Å²) in [7, 11) is 1.56. The van der Waals surface area contributed by atoms with Crippen molar-refractivity contribution in [3.63, 3.8) is 0 Å². The number of halogens is 4. The zero-order chi connectivity index (χ0) is 26.5. The molecule has 0 bridgehead atoms. The number of rotatable bonds is 9. The Kier molecular flexibility index (Phi) is 9.29. The van der Waals surface area contributed by atoms with Gasteiger partial charge < -0.3 is 9.47 Å². The van der Waals surface area contributed by atoms with Gasteiger partial charge in [0.2, 0.25) is 0 Å². The van der Waals surface area contributed by atoms with Crippen LogP contribution in [0.2, 0.25) is 10.0 Å². The van der Waals surface area contributed by atoms with E-state index in [9.17, 15) is 4.79 Å². The molecule has 10 heteroatoms. The van der Waals surface area contributed by atoms with E-state index in [4.69, 9.17) is 37.7 Å². The van der Waals surface area contributed by atoms with Crippen LogP contribution in [0.3, 0.4) is 0 Å². The largest absolute Gasteiger partial charge is 0.493 e. The molecule has 1 heterocycles. The summed E-state index contributed by atoms with van der Waals surface area (Å²) in [5, 5.41) is 5.97. The average molecular weight is 668 g/mol. The molecule has 0 aliphatic heterocycles. The molecule has 0 saturated heterocycles. The number of hydrogen-bond donors (Lipinski definition) is 0. The molecule has 6 nitrogen and oxygen atoms in total. The van der Waals surface area contributed by atoms with E-state index in [2.05, 4.69) is 43.9 Å². The number of methoxy groups -OCH3 is 1. The Balaban J connectivity index is 1.66. The molecule has 4 aromatic rings. The van der Waals surface area contributed by atoms with Gasteiger partial charge in [-0.25, -0.2) is 4.98 Å². The highest BCUT2D eigenvalue weighted by atomic mass is 79.9. The first kappa shape index (κ1) is 27.6. The maximum Gasteiger partial charge on any atom is 0.282 e. The van der Waals surface area contributed by atoms with Crippen molar-refractivity contribution in [2.24, 2.45) is 5.10 Å². The fourth-order valence-corrected chi connectivity index (χ4v) is 4.93. The molecule has 0 saturated carbocycles. The average Bonchev–Trinajstić information content (AvgIpc) is 2.88. The van der Waals surface area contributed by atoms with Crippen LogP contribution >= 0.6 is 55.1 Å². The number of ether oxygens (including phenoxy) is 2. The lowest BCUT2D eigenvalue weighted by atomic mass is 10.2. The highest BCUT2D eigenvalue weighted by Gasteiger charge is 2.14. The van der Waals surface area contributed by atoms with Crippen LogP contribution in [0.5, 0.6) is 11.5 Å². The zero-order valence-corrected chi connectivity index (χ0v) is 24.8. The van der Waals surface area contributed by atoms with Gasteiger partial charge in [-0.05, 0) is 75.9 Å². The third-order valence-electron chi connectivity index (χ3n) is 5.57. The molecule has 4 rings (SSSR count). The fraction of sp³-hybridized carbons (Fsp3) is 0.222. The predicted molar refractivity (Wildman–Crippen MR) is 157 cm³/mol. The molecule has 1 aromatic heterocycles. The van der Waals surface area contributed by atoms with Gasteiger partial charge in [0, 0.05) is 10.9 Å². The number of aromatic nitrogens is 2. The van der Waals surface area contributed by atoms with E-state index in [1.807, 2.05) is 24.3 Å². The first-order valence-electron chi connectivity index (χ1n) is 11.5. The van der Waals surface area contributed by atoms with E-state index in [-0.39, 0.29) is 12.2 Å². The van der Waals surface area contributed by atoms with Gasteiger partial charge in [0.25, 0.3) is 5.56 Å². The Hall–Kier alpha value is -2.39. The third kappa shape index (κ3) is 6.55. The third-order valence-corrected chi connectivity index (χ3v) is 7.39. The number of aryl methyl sites for hydroxylation is 1. The molecule has 37 heavy (non-hydrogen) atoms. The van der Waals surface area contributed by atoms with Crippen LogP contribution < -0.4 is 15.0 Å². The second-order valence-corrected chi connectivity index (χ2v) is 10.8. The smallest absolute Gasteiger partial charge is 0.282 e. The summed E-state index contributed by atoms with van der Waals surface area (Å²) in [4.78, 5) is 18.0. The summed E-state index contributed by atoms with van der Waals surface area (Å²) < 4.78 is 14.4. The summed E-state index contributed by atoms with van der Waals surface area (Å²) in [6, 6.07) is 14.4. The topological polar surface area (TPSA) is 65.7 Å². The molecule has 0 N–H and O–H groups in total. The van der Waals surface area contributed by atoms with E-state index in [1.165, 1.54) is 4.68 Å². The molecule has 0 atom stereocenters. The second kappa shape index (κ2) is 12.4. The Morgan fingerprint density at radius 1 is 1.08 bits per heavy atom. The lowest BCUT2D eigenvalue weighted by Crippen LogP contribution is -2.22. The van der Waals surface area contributed by atoms with Crippen LogP contribution in [0.4, 0.5) is 0 Å². The van der Waals surface area contributed by atoms with Gasteiger partial charge in [-0.2, -0.15) is 9.78 Å². The molecule has 0 fully saturated rings. The maximum atomic E-state index is 13.3. The van der Waals surface area contributed by atoms with E-state index >= 15 is 0 Å². The normalized spacial score (nSPS) is 11.4. The highest BCUT2D eigenvalue weighted by molar-refractivity contribution is 9.10. The Morgan fingerprint density at radius 2 is 1.89 bits per heavy atom. The number of unbranched alkanes of at least 4 members (excludes halogenated alkanes) is 1. The SMILES string of the molecule is CCCCc1nc2ccc(Br)cc2c(=O)n1N=Cc1cc(Br)c(OCc2ccc(Cl)c(Cl)c2)c(OC)c1. The molecular weight excluding hydrogens is 645 g/mol. The van der Waals surface area contributed by atoms with Crippen LogP contribution in [0.1, 0.15) is 36.7 Å². The van der Waals surface area contributed by atoms with Crippen molar-refractivity contribution in [3.8, 4) is 11.5 Å². The summed E-state index contributed by atoms with van der Waals surface area (Å²) in [6.07, 6.45) is 4.13. The number of hydrogen-bond acceptors (Lipinski definition) is 5. The summed E-state index contributed by atoms with van der Waals surface area (Å²) in [5.41, 5.74) is 2.01. The number of benzene rings is 3. The molecule has 0 aliphatic carbocycles. The van der Waals surface area contributed by atoms with E-state index in [0.717, 1.165) is 22.9 Å². The van der Waals surface area contributed by atoms with Crippen molar-refractivity contribution in [2.75, 3.05) is 7.11 Å². The molecule has 0 radical (unpaired) electrons. The van der Waals surface area contributed by atoms with Gasteiger partial charge in [0.05, 0.1) is 38.7 Å². The highest BCUT2D eigenvalue weighted by Crippen LogP contribution is 2.37. The van der Waals surface area contributed by atoms with Crippen molar-refractivity contribution in [3.05, 3.63) is 94.8 Å². The zero-order valence-electron chi connectivity index (χ0n) is 20.1. The van der Waals surface area contributed by atoms with Gasteiger partial charge in [-0.3, -0.25) is 4.79 Å².